The Morgan fingerprint density at radius 1 is 1.09 bits per heavy atom. The Labute approximate surface area is 125 Å². The van der Waals surface area contributed by atoms with Crippen molar-refractivity contribution in [3.63, 3.8) is 0 Å². The first kappa shape index (κ1) is 16.1. The third kappa shape index (κ3) is 2.97. The molecule has 2 rings (SSSR count). The summed E-state index contributed by atoms with van der Waals surface area (Å²) in [4.78, 5) is 11.6. The molecule has 2 aromatic carbocycles. The first-order valence-corrected chi connectivity index (χ1v) is 7.46. The number of ketones is 1. The van der Waals surface area contributed by atoms with Gasteiger partial charge in [-0.25, -0.2) is 8.42 Å². The molecule has 0 unspecified atom stereocenters. The highest BCUT2D eigenvalue weighted by Crippen LogP contribution is 2.27. The van der Waals surface area contributed by atoms with E-state index >= 15 is 0 Å². The smallest absolute Gasteiger partial charge is 0.297 e. The maximum atomic E-state index is 12.6. The summed E-state index contributed by atoms with van der Waals surface area (Å²) in [7, 11) is -3.75. The van der Waals surface area contributed by atoms with Gasteiger partial charge >= 0.3 is 0 Å². The van der Waals surface area contributed by atoms with E-state index in [1.54, 1.807) is 18.2 Å². The van der Waals surface area contributed by atoms with E-state index in [4.69, 9.17) is 4.74 Å². The molecule has 0 aliphatic heterocycles. The zero-order chi connectivity index (χ0) is 16.3. The zero-order valence-corrected chi connectivity index (χ0v) is 12.2. The lowest BCUT2D eigenvalue weighted by atomic mass is 10.0. The first-order chi connectivity index (χ1) is 10.4. The number of sulfonamides is 1. The van der Waals surface area contributed by atoms with Crippen LogP contribution in [-0.4, -0.2) is 26.1 Å². The van der Waals surface area contributed by atoms with Gasteiger partial charge in [-0.2, -0.15) is 0 Å². The van der Waals surface area contributed by atoms with Crippen LogP contribution >= 0.6 is 0 Å². The predicted octanol–water partition coefficient (Wildman–Crippen LogP) is 2.69. The molecular weight excluding hydrogens is 316 g/mol. The second-order valence-electron chi connectivity index (χ2n) is 4.23. The highest BCUT2D eigenvalue weighted by Gasteiger charge is 2.30. The normalized spacial score (nSPS) is 11.5. The maximum absolute atomic E-state index is 12.6. The van der Waals surface area contributed by atoms with Gasteiger partial charge in [0.2, 0.25) is 0 Å². The van der Waals surface area contributed by atoms with Crippen LogP contribution < -0.4 is 4.74 Å². The molecule has 0 saturated heterocycles. The van der Waals surface area contributed by atoms with Gasteiger partial charge in [-0.1, -0.05) is 39.3 Å². The van der Waals surface area contributed by atoms with E-state index in [0.29, 0.717) is 0 Å². The molecule has 0 saturated carbocycles. The van der Waals surface area contributed by atoms with E-state index in [0.717, 1.165) is 12.1 Å². The van der Waals surface area contributed by atoms with Gasteiger partial charge in [0, 0.05) is 11.1 Å². The monoisotopic (exact) mass is 327 g/mol. The lowest BCUT2D eigenvalue weighted by Gasteiger charge is -2.11. The molecule has 0 heterocycles. The fourth-order valence-corrected chi connectivity index (χ4v) is 2.68. The number of rotatable bonds is 5. The van der Waals surface area contributed by atoms with Crippen LogP contribution in [0.3, 0.4) is 0 Å². The lowest BCUT2D eigenvalue weighted by molar-refractivity contribution is -0.0538. The third-order valence-electron chi connectivity index (χ3n) is 2.93. The van der Waals surface area contributed by atoms with Gasteiger partial charge in [-0.05, 0) is 18.2 Å². The summed E-state index contributed by atoms with van der Waals surface area (Å²) in [5, 5.41) is 0. The second-order valence-corrected chi connectivity index (χ2v) is 5.90. The van der Waals surface area contributed by atoms with Crippen LogP contribution in [0.2, 0.25) is 0 Å². The Bertz CT molecular complexity index is 792. The molecule has 0 spiro atoms. The highest BCUT2D eigenvalue weighted by molar-refractivity contribution is 7.89. The number of benzene rings is 2. The number of carbonyl (C=O) groups is 1. The zero-order valence-electron chi connectivity index (χ0n) is 11.4. The number of nitrogens with zero attached hydrogens (tertiary/aromatic N) is 1. The summed E-state index contributed by atoms with van der Waals surface area (Å²) >= 11 is 0. The molecule has 22 heavy (non-hydrogen) atoms. The van der Waals surface area contributed by atoms with Crippen LogP contribution in [-0.2, 0) is 10.0 Å². The Hall–Kier alpha value is -2.32. The van der Waals surface area contributed by atoms with Gasteiger partial charge in [0.25, 0.3) is 10.0 Å². The van der Waals surface area contributed by atoms with Gasteiger partial charge in [0.15, 0.2) is 5.78 Å². The van der Waals surface area contributed by atoms with Crippen molar-refractivity contribution in [2.24, 2.45) is 0 Å². The van der Waals surface area contributed by atoms with Gasteiger partial charge in [-0.15, -0.1) is 0 Å². The number of halogens is 2. The summed E-state index contributed by atoms with van der Waals surface area (Å²) in [5.74, 6) is -0.512. The van der Waals surface area contributed by atoms with Crippen molar-refractivity contribution in [3.05, 3.63) is 59.7 Å². The van der Waals surface area contributed by atoms with Crippen LogP contribution in [0.25, 0.3) is 0 Å². The van der Waals surface area contributed by atoms with E-state index < -0.39 is 25.5 Å². The van der Waals surface area contributed by atoms with Crippen molar-refractivity contribution in [2.45, 2.75) is 4.90 Å². The average Bonchev–Trinajstić information content (AvgIpc) is 2.54. The highest BCUT2D eigenvalue weighted by atomic mass is 32.2. The van der Waals surface area contributed by atoms with Crippen molar-refractivity contribution in [3.8, 4) is 5.75 Å². The molecule has 0 aromatic heterocycles. The maximum Gasteiger partial charge on any atom is 0.297 e. The summed E-state index contributed by atoms with van der Waals surface area (Å²) in [6, 6.07) is 11.0. The molecule has 2 aromatic rings. The molecule has 0 aliphatic rings. The molecule has 0 aliphatic carbocycles. The molecule has 0 radical (unpaired) electrons. The predicted molar refractivity (Wildman–Crippen MR) is 74.1 cm³/mol. The fraction of sp³-hybridized carbons (Fsp3) is 0.0714. The van der Waals surface area contributed by atoms with Gasteiger partial charge in [-0.3, -0.25) is 4.79 Å². The summed E-state index contributed by atoms with van der Waals surface area (Å²) in [5.41, 5.74) is -0.206. The lowest BCUT2D eigenvalue weighted by Crippen LogP contribution is -2.18. The molecule has 116 valence electrons. The molecule has 5 nitrogen and oxygen atoms in total. The van der Waals surface area contributed by atoms with Crippen LogP contribution in [0.4, 0.5) is 8.96 Å². The number of carbonyl (C=O) groups excluding carboxylic acids is 1. The second kappa shape index (κ2) is 6.20. The molecule has 0 bridgehead atoms. The van der Waals surface area contributed by atoms with Gasteiger partial charge in [0.05, 0.1) is 12.0 Å². The summed E-state index contributed by atoms with van der Waals surface area (Å²) in [6.45, 7) is 0. The Balaban J connectivity index is 2.65. The molecule has 0 N–H and O–H groups in total. The Kier molecular flexibility index (Phi) is 4.53. The van der Waals surface area contributed by atoms with E-state index in [1.165, 1.54) is 25.3 Å². The number of hydrogen-bond acceptors (Lipinski definition) is 4. The first-order valence-electron chi connectivity index (χ1n) is 6.02. The molecule has 0 fully saturated rings. The van der Waals surface area contributed by atoms with Gasteiger partial charge in [0.1, 0.15) is 10.5 Å². The molecule has 0 amide bonds. The molecule has 8 heteroatoms. The average molecular weight is 327 g/mol. The van der Waals surface area contributed by atoms with E-state index in [2.05, 4.69) is 0 Å². The van der Waals surface area contributed by atoms with Crippen LogP contribution in [0, 0.1) is 0 Å². The Morgan fingerprint density at radius 2 is 1.73 bits per heavy atom. The molecule has 0 atom stereocenters. The number of ether oxygens (including phenoxy) is 1. The standard InChI is InChI=1S/C14H11F2NO4S/c1-21-11-7-8-13(22(19,20)17(15)16)12(9-11)14(18)10-5-3-2-4-6-10/h2-9H,1H3. The Morgan fingerprint density at radius 3 is 2.27 bits per heavy atom. The van der Waals surface area contributed by atoms with Crippen LogP contribution in [0.15, 0.2) is 53.4 Å². The van der Waals surface area contributed by atoms with Crippen molar-refractivity contribution < 1.29 is 26.9 Å². The summed E-state index contributed by atoms with van der Waals surface area (Å²) < 4.78 is 51.6. The topological polar surface area (TPSA) is 63.7 Å². The fourth-order valence-electron chi connectivity index (χ4n) is 1.86. The largest absolute Gasteiger partial charge is 0.497 e. The van der Waals surface area contributed by atoms with Gasteiger partial charge < -0.3 is 4.74 Å². The minimum atomic E-state index is -5.06. The van der Waals surface area contributed by atoms with Crippen LogP contribution in [0.5, 0.6) is 5.75 Å². The van der Waals surface area contributed by atoms with E-state index in [-0.39, 0.29) is 16.9 Å². The van der Waals surface area contributed by atoms with E-state index in [9.17, 15) is 22.2 Å². The number of hydrogen-bond donors (Lipinski definition) is 0. The van der Waals surface area contributed by atoms with E-state index in [1.807, 2.05) is 0 Å². The van der Waals surface area contributed by atoms with Crippen molar-refractivity contribution in [1.82, 2.24) is 4.75 Å². The number of methoxy groups -OCH3 is 1. The van der Waals surface area contributed by atoms with Crippen molar-refractivity contribution in [1.29, 1.82) is 0 Å². The summed E-state index contributed by atoms with van der Waals surface area (Å²) in [6.07, 6.45) is 0. The van der Waals surface area contributed by atoms with Crippen molar-refractivity contribution >= 4 is 15.8 Å². The van der Waals surface area contributed by atoms with Crippen LogP contribution in [0.1, 0.15) is 15.9 Å². The SMILES string of the molecule is COc1ccc(S(=O)(=O)N(F)F)c(C(=O)c2ccccc2)c1. The minimum Gasteiger partial charge on any atom is -0.497 e. The third-order valence-corrected chi connectivity index (χ3v) is 4.20. The van der Waals surface area contributed by atoms with Crippen molar-refractivity contribution in [2.75, 3.05) is 7.11 Å². The molecular formula is C14H11F2NO4S. The minimum absolute atomic E-state index is 0.177. The quantitative estimate of drug-likeness (QED) is 0.626.